The van der Waals surface area contributed by atoms with Gasteiger partial charge in [0.05, 0.1) is 5.41 Å². The van der Waals surface area contributed by atoms with Gasteiger partial charge in [0.2, 0.25) is 5.91 Å². The van der Waals surface area contributed by atoms with Gasteiger partial charge < -0.3 is 0 Å². The van der Waals surface area contributed by atoms with Crippen LogP contribution in [0.1, 0.15) is 36.8 Å². The van der Waals surface area contributed by atoms with Crippen molar-refractivity contribution in [1.29, 1.82) is 0 Å². The van der Waals surface area contributed by atoms with Crippen molar-refractivity contribution in [2.75, 3.05) is 0 Å². The van der Waals surface area contributed by atoms with Crippen LogP contribution in [0.4, 0.5) is 0 Å². The molecule has 0 spiro atoms. The van der Waals surface area contributed by atoms with Gasteiger partial charge in [-0.15, -0.1) is 0 Å². The number of benzene rings is 1. The Hall–Kier alpha value is -2.06. The molecule has 1 aromatic rings. The third-order valence-corrected chi connectivity index (χ3v) is 4.60. The van der Waals surface area contributed by atoms with Crippen molar-refractivity contribution < 1.29 is 4.79 Å². The van der Waals surface area contributed by atoms with Crippen molar-refractivity contribution in [1.82, 2.24) is 0 Å². The maximum absolute atomic E-state index is 12.4. The van der Waals surface area contributed by atoms with Gasteiger partial charge in [-0.2, -0.15) is 0 Å². The SMILES string of the molecule is C=C1c2ccccc2[C@@]2(C(=O)N=[N+]=[N-])CCCC[C@@H]12. The van der Waals surface area contributed by atoms with Crippen molar-refractivity contribution in [3.8, 4) is 0 Å². The molecule has 0 saturated heterocycles. The van der Waals surface area contributed by atoms with Crippen LogP contribution in [-0.2, 0) is 10.2 Å². The highest BCUT2D eigenvalue weighted by atomic mass is 16.2. The molecule has 2 aliphatic rings. The molecule has 0 aromatic heterocycles. The third kappa shape index (κ3) is 1.47. The Morgan fingerprint density at radius 2 is 2.21 bits per heavy atom. The van der Waals surface area contributed by atoms with E-state index in [0.29, 0.717) is 0 Å². The van der Waals surface area contributed by atoms with Crippen molar-refractivity contribution in [2.45, 2.75) is 31.1 Å². The van der Waals surface area contributed by atoms with Crippen LogP contribution in [-0.4, -0.2) is 5.91 Å². The second-order valence-corrected chi connectivity index (χ2v) is 5.34. The van der Waals surface area contributed by atoms with E-state index >= 15 is 0 Å². The molecule has 0 unspecified atom stereocenters. The smallest absolute Gasteiger partial charge is 0.230 e. The van der Waals surface area contributed by atoms with E-state index in [1.807, 2.05) is 24.3 Å². The second kappa shape index (κ2) is 4.25. The maximum atomic E-state index is 12.4. The topological polar surface area (TPSA) is 65.8 Å². The van der Waals surface area contributed by atoms with Gasteiger partial charge in [0.1, 0.15) is 0 Å². The van der Waals surface area contributed by atoms with Gasteiger partial charge >= 0.3 is 0 Å². The van der Waals surface area contributed by atoms with Crippen LogP contribution in [0.5, 0.6) is 0 Å². The van der Waals surface area contributed by atoms with Gasteiger partial charge in [-0.25, -0.2) is 0 Å². The Morgan fingerprint density at radius 3 is 3.00 bits per heavy atom. The lowest BCUT2D eigenvalue weighted by Gasteiger charge is -2.37. The van der Waals surface area contributed by atoms with Gasteiger partial charge in [-0.3, -0.25) is 4.79 Å². The Labute approximate surface area is 111 Å². The minimum atomic E-state index is -0.655. The van der Waals surface area contributed by atoms with Gasteiger partial charge in [0.15, 0.2) is 0 Å². The average molecular weight is 253 g/mol. The number of carbonyl (C=O) groups excluding carboxylic acids is 1. The highest BCUT2D eigenvalue weighted by Gasteiger charge is 2.54. The second-order valence-electron chi connectivity index (χ2n) is 5.34. The Balaban J connectivity index is 2.25. The fourth-order valence-corrected chi connectivity index (χ4v) is 3.81. The molecule has 19 heavy (non-hydrogen) atoms. The largest absolute Gasteiger partial charge is 0.292 e. The molecule has 0 radical (unpaired) electrons. The zero-order valence-electron chi connectivity index (χ0n) is 10.7. The van der Waals surface area contributed by atoms with Gasteiger partial charge in [0.25, 0.3) is 0 Å². The summed E-state index contributed by atoms with van der Waals surface area (Å²) in [6.45, 7) is 4.18. The predicted molar refractivity (Wildman–Crippen MR) is 73.3 cm³/mol. The summed E-state index contributed by atoms with van der Waals surface area (Å²) in [5.41, 5.74) is 11.1. The van der Waals surface area contributed by atoms with E-state index in [-0.39, 0.29) is 11.8 Å². The zero-order valence-corrected chi connectivity index (χ0v) is 10.7. The molecule has 1 fully saturated rings. The Kier molecular flexibility index (Phi) is 2.68. The molecule has 4 nitrogen and oxygen atoms in total. The monoisotopic (exact) mass is 253 g/mol. The molecule has 2 aliphatic carbocycles. The molecular formula is C15H15N3O. The fourth-order valence-electron chi connectivity index (χ4n) is 3.81. The van der Waals surface area contributed by atoms with Gasteiger partial charge in [0, 0.05) is 10.8 Å². The molecule has 0 bridgehead atoms. The van der Waals surface area contributed by atoms with Crippen LogP contribution in [0.15, 0.2) is 36.0 Å². The Bertz CT molecular complexity index is 616. The van der Waals surface area contributed by atoms with Crippen LogP contribution in [0.25, 0.3) is 16.0 Å². The zero-order chi connectivity index (χ0) is 13.5. The summed E-state index contributed by atoms with van der Waals surface area (Å²) in [6.07, 6.45) is 3.79. The molecule has 2 atom stereocenters. The first-order valence-electron chi connectivity index (χ1n) is 6.60. The molecular weight excluding hydrogens is 238 g/mol. The molecule has 3 rings (SSSR count). The molecule has 96 valence electrons. The first-order chi connectivity index (χ1) is 9.21. The fraction of sp³-hybridized carbons (Fsp3) is 0.400. The van der Waals surface area contributed by atoms with E-state index in [1.165, 1.54) is 0 Å². The molecule has 0 N–H and O–H groups in total. The van der Waals surface area contributed by atoms with E-state index in [9.17, 15) is 4.79 Å². The maximum Gasteiger partial charge on any atom is 0.230 e. The average Bonchev–Trinajstić information content (AvgIpc) is 2.71. The van der Waals surface area contributed by atoms with Crippen molar-refractivity contribution >= 4 is 11.5 Å². The number of fused-ring (bicyclic) bond motifs is 3. The lowest BCUT2D eigenvalue weighted by Crippen LogP contribution is -2.41. The van der Waals surface area contributed by atoms with E-state index in [1.54, 1.807) is 0 Å². The number of nitrogens with zero attached hydrogens (tertiary/aromatic N) is 3. The van der Waals surface area contributed by atoms with Crippen LogP contribution in [0.3, 0.4) is 0 Å². The molecule has 0 aliphatic heterocycles. The van der Waals surface area contributed by atoms with Crippen LogP contribution < -0.4 is 0 Å². The summed E-state index contributed by atoms with van der Waals surface area (Å²) in [4.78, 5) is 15.2. The quantitative estimate of drug-likeness (QED) is 0.424. The third-order valence-electron chi connectivity index (χ3n) is 4.60. The van der Waals surface area contributed by atoms with Gasteiger partial charge in [-0.1, -0.05) is 43.7 Å². The predicted octanol–water partition coefficient (Wildman–Crippen LogP) is 3.98. The summed E-state index contributed by atoms with van der Waals surface area (Å²) in [5.74, 6) is -0.248. The van der Waals surface area contributed by atoms with E-state index in [4.69, 9.17) is 5.53 Å². The number of hydrogen-bond donors (Lipinski definition) is 0. The van der Waals surface area contributed by atoms with E-state index in [2.05, 4.69) is 16.6 Å². The lowest BCUT2D eigenvalue weighted by molar-refractivity contribution is -0.125. The summed E-state index contributed by atoms with van der Waals surface area (Å²) in [5, 5.41) is 3.42. The van der Waals surface area contributed by atoms with E-state index < -0.39 is 5.41 Å². The lowest BCUT2D eigenvalue weighted by atomic mass is 9.65. The molecule has 0 heterocycles. The Morgan fingerprint density at radius 1 is 1.42 bits per heavy atom. The number of carbonyl (C=O) groups is 1. The van der Waals surface area contributed by atoms with Crippen molar-refractivity contribution in [2.24, 2.45) is 11.0 Å². The highest BCUT2D eigenvalue weighted by molar-refractivity contribution is 5.97. The first-order valence-corrected chi connectivity index (χ1v) is 6.60. The molecule has 1 aromatic carbocycles. The van der Waals surface area contributed by atoms with Crippen LogP contribution in [0.2, 0.25) is 0 Å². The number of allylic oxidation sites excluding steroid dienone is 1. The number of amides is 1. The van der Waals surface area contributed by atoms with Crippen molar-refractivity contribution in [3.63, 3.8) is 0 Å². The highest BCUT2D eigenvalue weighted by Crippen LogP contribution is 2.56. The number of hydrogen-bond acceptors (Lipinski definition) is 1. The molecule has 1 amide bonds. The van der Waals surface area contributed by atoms with Crippen LogP contribution >= 0.6 is 0 Å². The standard InChI is InChI=1S/C15H15N3O/c1-10-11-6-2-3-8-13(11)15(14(19)17-18-16)9-5-4-7-12(10)15/h2-3,6,8,12H,1,4-5,7,9H2/t12-,15+/m0/s1. The summed E-state index contributed by atoms with van der Waals surface area (Å²) < 4.78 is 0. The number of rotatable bonds is 1. The summed E-state index contributed by atoms with van der Waals surface area (Å²) >= 11 is 0. The summed E-state index contributed by atoms with van der Waals surface area (Å²) in [7, 11) is 0. The van der Waals surface area contributed by atoms with Gasteiger partial charge in [-0.05, 0) is 40.2 Å². The minimum Gasteiger partial charge on any atom is -0.292 e. The van der Waals surface area contributed by atoms with E-state index in [0.717, 1.165) is 42.4 Å². The molecule has 4 heteroatoms. The summed E-state index contributed by atoms with van der Waals surface area (Å²) in [6, 6.07) is 7.90. The van der Waals surface area contributed by atoms with Crippen molar-refractivity contribution in [3.05, 3.63) is 52.4 Å². The molecule has 1 saturated carbocycles. The minimum absolute atomic E-state index is 0.0941. The first kappa shape index (κ1) is 12.0. The number of azide groups is 1. The normalized spacial score (nSPS) is 28.2. The van der Waals surface area contributed by atoms with Crippen LogP contribution in [0, 0.1) is 5.92 Å².